The Labute approximate surface area is 131 Å². The van der Waals surface area contributed by atoms with Gasteiger partial charge in [0.15, 0.2) is 0 Å². The average molecular weight is 304 g/mol. The lowest BCUT2D eigenvalue weighted by Crippen LogP contribution is -2.52. The van der Waals surface area contributed by atoms with Gasteiger partial charge in [0, 0.05) is 24.0 Å². The van der Waals surface area contributed by atoms with Crippen LogP contribution >= 0.6 is 11.8 Å². The van der Waals surface area contributed by atoms with E-state index in [1.807, 2.05) is 6.07 Å². The highest BCUT2D eigenvalue weighted by atomic mass is 32.2. The molecule has 2 aliphatic heterocycles. The maximum Gasteiger partial charge on any atom is 0.236 e. The smallest absolute Gasteiger partial charge is 0.236 e. The first kappa shape index (κ1) is 14.9. The first-order valence-electron chi connectivity index (χ1n) is 7.98. The summed E-state index contributed by atoms with van der Waals surface area (Å²) >= 11 is 1.72. The summed E-state index contributed by atoms with van der Waals surface area (Å²) in [6.07, 6.45) is 4.26. The molecule has 0 saturated carbocycles. The minimum absolute atomic E-state index is 0.0506. The molecule has 21 heavy (non-hydrogen) atoms. The zero-order valence-electron chi connectivity index (χ0n) is 12.6. The number of fused-ring (bicyclic) bond motifs is 1. The average Bonchev–Trinajstić information content (AvgIpc) is 2.97. The molecule has 1 aromatic rings. The van der Waals surface area contributed by atoms with Crippen molar-refractivity contribution >= 4 is 17.7 Å². The molecular formula is C17H24N2OS. The Bertz CT molecular complexity index is 494. The van der Waals surface area contributed by atoms with Crippen LogP contribution in [0, 0.1) is 5.92 Å². The van der Waals surface area contributed by atoms with Crippen LogP contribution < -0.4 is 5.73 Å². The highest BCUT2D eigenvalue weighted by Gasteiger charge is 2.36. The monoisotopic (exact) mass is 304 g/mol. The zero-order valence-corrected chi connectivity index (χ0v) is 13.4. The number of benzene rings is 1. The molecule has 1 aromatic carbocycles. The number of rotatable bonds is 3. The summed E-state index contributed by atoms with van der Waals surface area (Å²) in [7, 11) is 0. The van der Waals surface area contributed by atoms with Crippen LogP contribution in [0.25, 0.3) is 0 Å². The third kappa shape index (κ3) is 2.97. The van der Waals surface area contributed by atoms with Gasteiger partial charge in [-0.2, -0.15) is 0 Å². The molecule has 114 valence electrons. The van der Waals surface area contributed by atoms with Gasteiger partial charge in [0.25, 0.3) is 0 Å². The summed E-state index contributed by atoms with van der Waals surface area (Å²) in [6, 6.07) is 8.60. The molecule has 0 radical (unpaired) electrons. The topological polar surface area (TPSA) is 46.3 Å². The molecular weight excluding hydrogens is 280 g/mol. The number of piperidine rings is 1. The second-order valence-electron chi connectivity index (χ2n) is 6.14. The number of amides is 1. The second-order valence-corrected chi connectivity index (χ2v) is 7.38. The summed E-state index contributed by atoms with van der Waals surface area (Å²) in [5.41, 5.74) is 7.24. The fourth-order valence-corrected chi connectivity index (χ4v) is 4.79. The fourth-order valence-electron chi connectivity index (χ4n) is 3.52. The number of thioether (sulfide) groups is 1. The molecule has 3 rings (SSSR count). The highest BCUT2D eigenvalue weighted by molar-refractivity contribution is 8.01. The van der Waals surface area contributed by atoms with Crippen LogP contribution in [0.4, 0.5) is 0 Å². The maximum absolute atomic E-state index is 12.9. The molecule has 0 bridgehead atoms. The molecule has 1 amide bonds. The van der Waals surface area contributed by atoms with Crippen molar-refractivity contribution in [2.24, 2.45) is 11.7 Å². The van der Waals surface area contributed by atoms with E-state index in [0.717, 1.165) is 31.7 Å². The standard InChI is InChI=1S/C17H24N2OS/c1-2-12-7-8-19(14(9-12)11-18)17(20)16-10-13-5-3-4-6-15(13)21-16/h3-6,12,14,16H,2,7-11,18H2,1H3. The summed E-state index contributed by atoms with van der Waals surface area (Å²) in [4.78, 5) is 16.2. The van der Waals surface area contributed by atoms with Crippen LogP contribution in [0.5, 0.6) is 0 Å². The number of nitrogens with two attached hydrogens (primary N) is 1. The number of likely N-dealkylation sites (tertiary alicyclic amines) is 1. The maximum atomic E-state index is 12.9. The molecule has 3 unspecified atom stereocenters. The summed E-state index contributed by atoms with van der Waals surface area (Å²) < 4.78 is 0. The fraction of sp³-hybridized carbons (Fsp3) is 0.588. The van der Waals surface area contributed by atoms with Crippen molar-refractivity contribution in [3.05, 3.63) is 29.8 Å². The Morgan fingerprint density at radius 2 is 2.24 bits per heavy atom. The van der Waals surface area contributed by atoms with Gasteiger partial charge in [0.2, 0.25) is 5.91 Å². The largest absolute Gasteiger partial charge is 0.337 e. The first-order valence-corrected chi connectivity index (χ1v) is 8.86. The van der Waals surface area contributed by atoms with Gasteiger partial charge >= 0.3 is 0 Å². The van der Waals surface area contributed by atoms with Crippen molar-refractivity contribution in [3.8, 4) is 0 Å². The molecule has 2 N–H and O–H groups in total. The van der Waals surface area contributed by atoms with E-state index in [1.54, 1.807) is 11.8 Å². The van der Waals surface area contributed by atoms with E-state index in [-0.39, 0.29) is 11.3 Å². The van der Waals surface area contributed by atoms with E-state index < -0.39 is 0 Å². The molecule has 0 aliphatic carbocycles. The SMILES string of the molecule is CCC1CCN(C(=O)C2Cc3ccccc3S2)C(CN)C1. The van der Waals surface area contributed by atoms with Gasteiger partial charge in [0.1, 0.15) is 0 Å². The Morgan fingerprint density at radius 3 is 2.95 bits per heavy atom. The third-order valence-corrected chi connectivity index (χ3v) is 6.18. The minimum atomic E-state index is 0.0506. The Kier molecular flexibility index (Phi) is 4.55. The summed E-state index contributed by atoms with van der Waals surface area (Å²) in [5, 5.41) is 0.0506. The molecule has 1 saturated heterocycles. The van der Waals surface area contributed by atoms with E-state index in [4.69, 9.17) is 5.73 Å². The first-order chi connectivity index (χ1) is 10.2. The van der Waals surface area contributed by atoms with Gasteiger partial charge in [-0.3, -0.25) is 4.79 Å². The van der Waals surface area contributed by atoms with Crippen molar-refractivity contribution < 1.29 is 4.79 Å². The molecule has 2 aliphatic rings. The minimum Gasteiger partial charge on any atom is -0.337 e. The van der Waals surface area contributed by atoms with Crippen molar-refractivity contribution in [1.82, 2.24) is 4.90 Å². The Balaban J connectivity index is 1.69. The predicted octanol–water partition coefficient (Wildman–Crippen LogP) is 2.68. The predicted molar refractivity (Wildman–Crippen MR) is 87.4 cm³/mol. The lowest BCUT2D eigenvalue weighted by molar-refractivity contribution is -0.134. The molecule has 0 aromatic heterocycles. The second kappa shape index (κ2) is 6.41. The highest BCUT2D eigenvalue weighted by Crippen LogP contribution is 2.38. The van der Waals surface area contributed by atoms with Crippen LogP contribution in [-0.4, -0.2) is 35.2 Å². The van der Waals surface area contributed by atoms with Gasteiger partial charge in [0.05, 0.1) is 5.25 Å². The molecule has 2 heterocycles. The third-order valence-electron chi connectivity index (χ3n) is 4.88. The van der Waals surface area contributed by atoms with E-state index >= 15 is 0 Å². The normalized spacial score (nSPS) is 28.5. The zero-order chi connectivity index (χ0) is 14.8. The summed E-state index contributed by atoms with van der Waals surface area (Å²) in [6.45, 7) is 3.71. The van der Waals surface area contributed by atoms with Crippen LogP contribution in [0.15, 0.2) is 29.2 Å². The Morgan fingerprint density at radius 1 is 1.43 bits per heavy atom. The number of nitrogens with zero attached hydrogens (tertiary/aromatic N) is 1. The molecule has 0 spiro atoms. The molecule has 3 atom stereocenters. The van der Waals surface area contributed by atoms with E-state index in [0.29, 0.717) is 12.5 Å². The van der Waals surface area contributed by atoms with Crippen LogP contribution in [-0.2, 0) is 11.2 Å². The molecule has 3 nitrogen and oxygen atoms in total. The van der Waals surface area contributed by atoms with E-state index in [2.05, 4.69) is 30.0 Å². The van der Waals surface area contributed by atoms with Gasteiger partial charge in [-0.15, -0.1) is 11.8 Å². The summed E-state index contributed by atoms with van der Waals surface area (Å²) in [5.74, 6) is 1.03. The van der Waals surface area contributed by atoms with Crippen molar-refractivity contribution in [2.45, 2.75) is 48.8 Å². The van der Waals surface area contributed by atoms with Crippen molar-refractivity contribution in [2.75, 3.05) is 13.1 Å². The van der Waals surface area contributed by atoms with Crippen LogP contribution in [0.2, 0.25) is 0 Å². The molecule has 1 fully saturated rings. The van der Waals surface area contributed by atoms with Crippen molar-refractivity contribution in [3.63, 3.8) is 0 Å². The Hall–Kier alpha value is -1.00. The lowest BCUT2D eigenvalue weighted by Gasteiger charge is -2.40. The quantitative estimate of drug-likeness (QED) is 0.934. The van der Waals surface area contributed by atoms with Crippen molar-refractivity contribution in [1.29, 1.82) is 0 Å². The van der Waals surface area contributed by atoms with Crippen LogP contribution in [0.3, 0.4) is 0 Å². The number of carbonyl (C=O) groups excluding carboxylic acids is 1. The number of carbonyl (C=O) groups is 1. The van der Waals surface area contributed by atoms with Gasteiger partial charge in [-0.25, -0.2) is 0 Å². The lowest BCUT2D eigenvalue weighted by atomic mass is 9.88. The number of hydrogen-bond donors (Lipinski definition) is 1. The number of hydrogen-bond acceptors (Lipinski definition) is 3. The van der Waals surface area contributed by atoms with Gasteiger partial charge in [-0.05, 0) is 36.8 Å². The van der Waals surface area contributed by atoms with Gasteiger partial charge < -0.3 is 10.6 Å². The van der Waals surface area contributed by atoms with E-state index in [9.17, 15) is 4.79 Å². The molecule has 4 heteroatoms. The van der Waals surface area contributed by atoms with E-state index in [1.165, 1.54) is 16.9 Å². The van der Waals surface area contributed by atoms with Gasteiger partial charge in [-0.1, -0.05) is 31.5 Å². The van der Waals surface area contributed by atoms with Crippen LogP contribution in [0.1, 0.15) is 31.7 Å².